The van der Waals surface area contributed by atoms with Crippen molar-refractivity contribution < 1.29 is 23.8 Å². The van der Waals surface area contributed by atoms with Gasteiger partial charge in [0.1, 0.15) is 5.75 Å². The van der Waals surface area contributed by atoms with Gasteiger partial charge in [0.15, 0.2) is 11.6 Å². The first kappa shape index (κ1) is 12.7. The standard InChI is InChI=1S/C13H15FO4/c1-17-9-4-3-8(14)12(18-2)11(9)13(5-6-13)7-10(15)16/h3-4H,5-7H2,1-2H3,(H,15,16). The molecule has 1 aromatic rings. The van der Waals surface area contributed by atoms with Crippen LogP contribution in [0.2, 0.25) is 0 Å². The Labute approximate surface area is 104 Å². The summed E-state index contributed by atoms with van der Waals surface area (Å²) in [6.07, 6.45) is 1.37. The minimum Gasteiger partial charge on any atom is -0.496 e. The lowest BCUT2D eigenvalue weighted by molar-refractivity contribution is -0.137. The van der Waals surface area contributed by atoms with Crippen molar-refractivity contribution in [3.8, 4) is 11.5 Å². The second-order valence-corrected chi connectivity index (χ2v) is 4.51. The average Bonchev–Trinajstić information content (AvgIpc) is 3.08. The molecular formula is C13H15FO4. The number of carboxylic acids is 1. The van der Waals surface area contributed by atoms with Crippen molar-refractivity contribution >= 4 is 5.97 Å². The third-order valence-corrected chi connectivity index (χ3v) is 3.37. The summed E-state index contributed by atoms with van der Waals surface area (Å²) in [4.78, 5) is 10.9. The van der Waals surface area contributed by atoms with E-state index in [4.69, 9.17) is 14.6 Å². The molecule has 0 atom stereocenters. The Kier molecular flexibility index (Phi) is 3.15. The molecule has 0 aromatic heterocycles. The van der Waals surface area contributed by atoms with Crippen LogP contribution in [0.25, 0.3) is 0 Å². The number of carboxylic acid groups (broad SMARTS) is 1. The number of hydrogen-bond donors (Lipinski definition) is 1. The van der Waals surface area contributed by atoms with Crippen LogP contribution in [0, 0.1) is 5.82 Å². The first-order valence-corrected chi connectivity index (χ1v) is 5.67. The third kappa shape index (κ3) is 2.00. The predicted octanol–water partition coefficient (Wildman–Crippen LogP) is 2.35. The van der Waals surface area contributed by atoms with Crippen LogP contribution in [0.4, 0.5) is 4.39 Å². The molecule has 4 nitrogen and oxygen atoms in total. The molecule has 0 amide bonds. The van der Waals surface area contributed by atoms with Gasteiger partial charge in [-0.05, 0) is 25.0 Å². The van der Waals surface area contributed by atoms with Gasteiger partial charge in [0, 0.05) is 11.0 Å². The van der Waals surface area contributed by atoms with Gasteiger partial charge in [-0.3, -0.25) is 4.79 Å². The molecule has 0 radical (unpaired) electrons. The molecule has 18 heavy (non-hydrogen) atoms. The number of halogens is 1. The highest BCUT2D eigenvalue weighted by molar-refractivity contribution is 5.71. The maximum Gasteiger partial charge on any atom is 0.304 e. The van der Waals surface area contributed by atoms with Gasteiger partial charge in [-0.1, -0.05) is 0 Å². The van der Waals surface area contributed by atoms with Gasteiger partial charge in [0.05, 0.1) is 20.6 Å². The molecule has 1 aliphatic carbocycles. The van der Waals surface area contributed by atoms with Crippen molar-refractivity contribution in [3.63, 3.8) is 0 Å². The van der Waals surface area contributed by atoms with E-state index < -0.39 is 17.2 Å². The number of aliphatic carboxylic acids is 1. The Bertz CT molecular complexity index is 480. The molecule has 0 spiro atoms. The molecule has 0 aliphatic heterocycles. The number of ether oxygens (including phenoxy) is 2. The molecule has 2 rings (SSSR count). The zero-order chi connectivity index (χ0) is 13.3. The fourth-order valence-corrected chi connectivity index (χ4v) is 2.37. The highest BCUT2D eigenvalue weighted by Gasteiger charge is 2.50. The van der Waals surface area contributed by atoms with E-state index in [1.165, 1.54) is 26.4 Å². The van der Waals surface area contributed by atoms with E-state index in [1.54, 1.807) is 0 Å². The molecule has 1 aromatic carbocycles. The minimum atomic E-state index is -0.902. The van der Waals surface area contributed by atoms with Gasteiger partial charge in [0.2, 0.25) is 0 Å². The van der Waals surface area contributed by atoms with Crippen molar-refractivity contribution in [2.45, 2.75) is 24.7 Å². The van der Waals surface area contributed by atoms with E-state index in [9.17, 15) is 9.18 Å². The van der Waals surface area contributed by atoms with Crippen LogP contribution in [-0.2, 0) is 10.2 Å². The monoisotopic (exact) mass is 254 g/mol. The third-order valence-electron chi connectivity index (χ3n) is 3.37. The quantitative estimate of drug-likeness (QED) is 0.876. The van der Waals surface area contributed by atoms with Crippen LogP contribution in [-0.4, -0.2) is 25.3 Å². The SMILES string of the molecule is COc1ccc(F)c(OC)c1C1(CC(=O)O)CC1. The summed E-state index contributed by atoms with van der Waals surface area (Å²) in [5.41, 5.74) is -0.0140. The van der Waals surface area contributed by atoms with E-state index in [0.29, 0.717) is 24.2 Å². The molecule has 1 fully saturated rings. The second-order valence-electron chi connectivity index (χ2n) is 4.51. The second kappa shape index (κ2) is 4.48. The number of rotatable bonds is 5. The van der Waals surface area contributed by atoms with E-state index in [1.807, 2.05) is 0 Å². The Morgan fingerprint density at radius 2 is 2.06 bits per heavy atom. The summed E-state index contributed by atoms with van der Waals surface area (Å²) in [5, 5.41) is 8.97. The van der Waals surface area contributed by atoms with Crippen LogP contribution in [0.5, 0.6) is 11.5 Å². The molecule has 1 aliphatic rings. The highest BCUT2D eigenvalue weighted by Crippen LogP contribution is 2.57. The van der Waals surface area contributed by atoms with Crippen LogP contribution in [0.1, 0.15) is 24.8 Å². The van der Waals surface area contributed by atoms with Gasteiger partial charge >= 0.3 is 5.97 Å². The molecule has 98 valence electrons. The average molecular weight is 254 g/mol. The first-order chi connectivity index (χ1) is 8.54. The fraction of sp³-hybridized carbons (Fsp3) is 0.462. The van der Waals surface area contributed by atoms with Crippen molar-refractivity contribution in [3.05, 3.63) is 23.5 Å². The summed E-state index contributed by atoms with van der Waals surface area (Å²) < 4.78 is 24.0. The lowest BCUT2D eigenvalue weighted by Crippen LogP contribution is -2.16. The number of methoxy groups -OCH3 is 2. The number of benzene rings is 1. The smallest absolute Gasteiger partial charge is 0.304 e. The number of carbonyl (C=O) groups is 1. The van der Waals surface area contributed by atoms with Gasteiger partial charge in [0.25, 0.3) is 0 Å². The van der Waals surface area contributed by atoms with Crippen LogP contribution < -0.4 is 9.47 Å². The van der Waals surface area contributed by atoms with Crippen LogP contribution in [0.3, 0.4) is 0 Å². The number of hydrogen-bond acceptors (Lipinski definition) is 3. The van der Waals surface area contributed by atoms with E-state index in [0.717, 1.165) is 0 Å². The highest BCUT2D eigenvalue weighted by atomic mass is 19.1. The molecule has 0 saturated heterocycles. The summed E-state index contributed by atoms with van der Waals surface area (Å²) in [7, 11) is 2.85. The summed E-state index contributed by atoms with van der Waals surface area (Å²) in [6, 6.07) is 2.77. The first-order valence-electron chi connectivity index (χ1n) is 5.67. The lowest BCUT2D eigenvalue weighted by Gasteiger charge is -2.20. The van der Waals surface area contributed by atoms with E-state index >= 15 is 0 Å². The van der Waals surface area contributed by atoms with Crippen LogP contribution in [0.15, 0.2) is 12.1 Å². The van der Waals surface area contributed by atoms with Gasteiger partial charge in [-0.2, -0.15) is 0 Å². The van der Waals surface area contributed by atoms with Crippen molar-refractivity contribution in [2.75, 3.05) is 14.2 Å². The van der Waals surface area contributed by atoms with Gasteiger partial charge in [-0.25, -0.2) is 4.39 Å². The minimum absolute atomic E-state index is 0.0385. The molecule has 0 heterocycles. The fourth-order valence-electron chi connectivity index (χ4n) is 2.37. The van der Waals surface area contributed by atoms with Crippen molar-refractivity contribution in [1.29, 1.82) is 0 Å². The summed E-state index contributed by atoms with van der Waals surface area (Å²) >= 11 is 0. The Morgan fingerprint density at radius 1 is 1.39 bits per heavy atom. The maximum atomic E-state index is 13.7. The summed E-state index contributed by atoms with van der Waals surface area (Å²) in [6.45, 7) is 0. The Balaban J connectivity index is 2.54. The Hall–Kier alpha value is -1.78. The van der Waals surface area contributed by atoms with Crippen molar-refractivity contribution in [1.82, 2.24) is 0 Å². The molecular weight excluding hydrogens is 239 g/mol. The molecule has 0 bridgehead atoms. The Morgan fingerprint density at radius 3 is 2.50 bits per heavy atom. The summed E-state index contributed by atoms with van der Waals surface area (Å²) in [5.74, 6) is -0.828. The zero-order valence-electron chi connectivity index (χ0n) is 10.3. The van der Waals surface area contributed by atoms with Gasteiger partial charge in [-0.15, -0.1) is 0 Å². The van der Waals surface area contributed by atoms with Crippen LogP contribution >= 0.6 is 0 Å². The van der Waals surface area contributed by atoms with E-state index in [2.05, 4.69) is 0 Å². The predicted molar refractivity (Wildman–Crippen MR) is 62.7 cm³/mol. The largest absolute Gasteiger partial charge is 0.496 e. The van der Waals surface area contributed by atoms with E-state index in [-0.39, 0.29) is 12.2 Å². The van der Waals surface area contributed by atoms with Crippen molar-refractivity contribution in [2.24, 2.45) is 0 Å². The molecule has 0 unspecified atom stereocenters. The molecule has 1 saturated carbocycles. The molecule has 1 N–H and O–H groups in total. The lowest BCUT2D eigenvalue weighted by atomic mass is 9.90. The maximum absolute atomic E-state index is 13.7. The molecule has 5 heteroatoms. The van der Waals surface area contributed by atoms with Gasteiger partial charge < -0.3 is 14.6 Å². The topological polar surface area (TPSA) is 55.8 Å². The normalized spacial score (nSPS) is 16.2. The zero-order valence-corrected chi connectivity index (χ0v) is 10.3.